The zero-order valence-electron chi connectivity index (χ0n) is 11.9. The maximum atomic E-state index is 13.7. The summed E-state index contributed by atoms with van der Waals surface area (Å²) in [5.41, 5.74) is 6.02. The molecule has 20 heavy (non-hydrogen) atoms. The predicted molar refractivity (Wildman–Crippen MR) is 75.8 cm³/mol. The minimum absolute atomic E-state index is 0.114. The molecule has 1 fully saturated rings. The number of pyridine rings is 1. The molecule has 0 atom stereocenters. The molecule has 0 unspecified atom stereocenters. The van der Waals surface area contributed by atoms with E-state index in [2.05, 4.69) is 4.98 Å². The van der Waals surface area contributed by atoms with Gasteiger partial charge in [-0.25, -0.2) is 4.39 Å². The Kier molecular flexibility index (Phi) is 5.06. The van der Waals surface area contributed by atoms with Gasteiger partial charge in [-0.1, -0.05) is 6.92 Å². The van der Waals surface area contributed by atoms with Crippen molar-refractivity contribution in [2.24, 2.45) is 5.73 Å². The fourth-order valence-corrected chi connectivity index (χ4v) is 2.81. The highest BCUT2D eigenvalue weighted by Gasteiger charge is 2.28. The Morgan fingerprint density at radius 2 is 2.15 bits per heavy atom. The first-order chi connectivity index (χ1) is 9.63. The third-order valence-corrected chi connectivity index (χ3v) is 3.91. The average molecular weight is 279 g/mol. The van der Waals surface area contributed by atoms with E-state index in [9.17, 15) is 9.18 Å². The van der Waals surface area contributed by atoms with Gasteiger partial charge in [0, 0.05) is 24.8 Å². The summed E-state index contributed by atoms with van der Waals surface area (Å²) in [6.45, 7) is 2.68. The minimum atomic E-state index is -0.550. The Morgan fingerprint density at radius 3 is 2.75 bits per heavy atom. The molecule has 1 heterocycles. The zero-order chi connectivity index (χ0) is 14.5. The number of hydrogen-bond donors (Lipinski definition) is 1. The molecule has 1 aliphatic carbocycles. The summed E-state index contributed by atoms with van der Waals surface area (Å²) in [5, 5.41) is 0. The monoisotopic (exact) mass is 279 g/mol. The van der Waals surface area contributed by atoms with Crippen molar-refractivity contribution < 1.29 is 9.18 Å². The highest BCUT2D eigenvalue weighted by Crippen LogP contribution is 2.24. The van der Waals surface area contributed by atoms with Crippen LogP contribution in [0.1, 0.15) is 49.4 Å². The lowest BCUT2D eigenvalue weighted by Crippen LogP contribution is -2.44. The fraction of sp³-hybridized carbons (Fsp3) is 0.600. The Hall–Kier alpha value is -1.49. The summed E-state index contributed by atoms with van der Waals surface area (Å²) in [6.07, 6.45) is 7.07. The summed E-state index contributed by atoms with van der Waals surface area (Å²) >= 11 is 0. The molecular weight excluding hydrogens is 257 g/mol. The Morgan fingerprint density at radius 1 is 1.45 bits per heavy atom. The molecule has 2 rings (SSSR count). The van der Waals surface area contributed by atoms with Crippen molar-refractivity contribution in [1.29, 1.82) is 0 Å². The molecule has 1 aromatic heterocycles. The van der Waals surface area contributed by atoms with E-state index in [0.29, 0.717) is 6.54 Å². The number of carbonyl (C=O) groups excluding carboxylic acids is 1. The van der Waals surface area contributed by atoms with Gasteiger partial charge in [0.25, 0.3) is 5.91 Å². The lowest BCUT2D eigenvalue weighted by atomic mass is 9.90. The Labute approximate surface area is 119 Å². The van der Waals surface area contributed by atoms with E-state index in [4.69, 9.17) is 5.73 Å². The highest BCUT2D eigenvalue weighted by atomic mass is 19.1. The lowest BCUT2D eigenvalue weighted by molar-refractivity contribution is 0.0622. The maximum absolute atomic E-state index is 13.7. The first kappa shape index (κ1) is 14.9. The number of nitrogens with two attached hydrogens (primary N) is 1. The molecule has 0 saturated heterocycles. The van der Waals surface area contributed by atoms with Gasteiger partial charge in [-0.05, 0) is 38.2 Å². The van der Waals surface area contributed by atoms with Crippen LogP contribution in [-0.4, -0.2) is 34.4 Å². The third-order valence-electron chi connectivity index (χ3n) is 3.91. The number of halogens is 1. The van der Waals surface area contributed by atoms with Crippen molar-refractivity contribution in [3.8, 4) is 0 Å². The summed E-state index contributed by atoms with van der Waals surface area (Å²) in [5.74, 6) is -0.779. The molecule has 0 bridgehead atoms. The molecule has 0 spiro atoms. The quantitative estimate of drug-likeness (QED) is 0.920. The smallest absolute Gasteiger partial charge is 0.257 e. The van der Waals surface area contributed by atoms with Gasteiger partial charge in [-0.15, -0.1) is 0 Å². The van der Waals surface area contributed by atoms with Crippen molar-refractivity contribution in [2.75, 3.05) is 6.54 Å². The molecule has 1 saturated carbocycles. The molecule has 1 amide bonds. The van der Waals surface area contributed by atoms with Crippen LogP contribution in [0.3, 0.4) is 0 Å². The first-order valence-corrected chi connectivity index (χ1v) is 7.29. The molecule has 5 heteroatoms. The van der Waals surface area contributed by atoms with Crippen LogP contribution < -0.4 is 5.73 Å². The van der Waals surface area contributed by atoms with Crippen LogP contribution in [0.4, 0.5) is 4.39 Å². The second-order valence-electron chi connectivity index (χ2n) is 5.42. The van der Waals surface area contributed by atoms with E-state index in [0.717, 1.165) is 38.3 Å². The van der Waals surface area contributed by atoms with Crippen LogP contribution >= 0.6 is 0 Å². The lowest BCUT2D eigenvalue weighted by Gasteiger charge is -2.36. The van der Waals surface area contributed by atoms with Gasteiger partial charge >= 0.3 is 0 Å². The molecular formula is C15H22FN3O. The highest BCUT2D eigenvalue weighted by molar-refractivity contribution is 5.94. The molecule has 4 nitrogen and oxygen atoms in total. The number of carbonyl (C=O) groups is 1. The van der Waals surface area contributed by atoms with E-state index in [-0.39, 0.29) is 23.6 Å². The van der Waals surface area contributed by atoms with E-state index in [1.54, 1.807) is 0 Å². The van der Waals surface area contributed by atoms with Gasteiger partial charge in [0.15, 0.2) is 5.82 Å². The number of nitrogens with zero attached hydrogens (tertiary/aromatic N) is 2. The van der Waals surface area contributed by atoms with E-state index in [1.165, 1.54) is 12.3 Å². The Balaban J connectivity index is 2.16. The van der Waals surface area contributed by atoms with Crippen LogP contribution in [-0.2, 0) is 0 Å². The normalized spacial score (nSPS) is 22.6. The molecule has 110 valence electrons. The van der Waals surface area contributed by atoms with Gasteiger partial charge in [-0.3, -0.25) is 9.78 Å². The second kappa shape index (κ2) is 6.79. The Bertz CT molecular complexity index is 458. The second-order valence-corrected chi connectivity index (χ2v) is 5.42. The SMILES string of the molecule is CCCN(C(=O)c1ccncc1F)C1CCC(N)CC1. The van der Waals surface area contributed by atoms with Gasteiger partial charge in [0.1, 0.15) is 0 Å². The minimum Gasteiger partial charge on any atom is -0.336 e. The van der Waals surface area contributed by atoms with Crippen LogP contribution in [0.5, 0.6) is 0 Å². The molecule has 0 aliphatic heterocycles. The maximum Gasteiger partial charge on any atom is 0.257 e. The summed E-state index contributed by atoms with van der Waals surface area (Å²) < 4.78 is 13.7. The van der Waals surface area contributed by atoms with Crippen LogP contribution in [0, 0.1) is 5.82 Å². The van der Waals surface area contributed by atoms with E-state index in [1.807, 2.05) is 11.8 Å². The van der Waals surface area contributed by atoms with Crippen molar-refractivity contribution in [3.63, 3.8) is 0 Å². The van der Waals surface area contributed by atoms with Crippen LogP contribution in [0.25, 0.3) is 0 Å². The summed E-state index contributed by atoms with van der Waals surface area (Å²) in [7, 11) is 0. The van der Waals surface area contributed by atoms with Crippen LogP contribution in [0.2, 0.25) is 0 Å². The third kappa shape index (κ3) is 3.33. The van der Waals surface area contributed by atoms with Gasteiger partial charge in [0.05, 0.1) is 11.8 Å². The molecule has 2 N–H and O–H groups in total. The van der Waals surface area contributed by atoms with Gasteiger partial charge < -0.3 is 10.6 Å². The van der Waals surface area contributed by atoms with Crippen molar-refractivity contribution in [3.05, 3.63) is 29.8 Å². The van der Waals surface area contributed by atoms with Gasteiger partial charge in [0.2, 0.25) is 0 Å². The fourth-order valence-electron chi connectivity index (χ4n) is 2.81. The molecule has 0 radical (unpaired) electrons. The van der Waals surface area contributed by atoms with Crippen molar-refractivity contribution >= 4 is 5.91 Å². The van der Waals surface area contributed by atoms with E-state index >= 15 is 0 Å². The largest absolute Gasteiger partial charge is 0.336 e. The number of aromatic nitrogens is 1. The standard InChI is InChI=1S/C15H22FN3O/c1-2-9-19(12-5-3-11(17)4-6-12)15(20)13-7-8-18-10-14(13)16/h7-8,10-12H,2-6,9,17H2,1H3. The van der Waals surface area contributed by atoms with Crippen molar-refractivity contribution in [2.45, 2.75) is 51.1 Å². The van der Waals surface area contributed by atoms with Gasteiger partial charge in [-0.2, -0.15) is 0 Å². The number of rotatable bonds is 4. The van der Waals surface area contributed by atoms with Crippen molar-refractivity contribution in [1.82, 2.24) is 9.88 Å². The number of amides is 1. The number of hydrogen-bond acceptors (Lipinski definition) is 3. The zero-order valence-corrected chi connectivity index (χ0v) is 11.9. The average Bonchev–Trinajstić information content (AvgIpc) is 2.46. The topological polar surface area (TPSA) is 59.2 Å². The molecule has 0 aromatic carbocycles. The summed E-state index contributed by atoms with van der Waals surface area (Å²) in [4.78, 5) is 18.1. The van der Waals surface area contributed by atoms with Crippen LogP contribution in [0.15, 0.2) is 18.5 Å². The van der Waals surface area contributed by atoms with E-state index < -0.39 is 5.82 Å². The first-order valence-electron chi connectivity index (χ1n) is 7.29. The molecule has 1 aromatic rings. The summed E-state index contributed by atoms with van der Waals surface area (Å²) in [6, 6.07) is 1.87. The molecule has 1 aliphatic rings. The predicted octanol–water partition coefficient (Wildman–Crippen LogP) is 2.34.